The fraction of sp³-hybridized carbons (Fsp3) is 0.0690. The minimum absolute atomic E-state index is 0.114. The summed E-state index contributed by atoms with van der Waals surface area (Å²) in [6, 6.07) is 30.5. The number of halogens is 2. The van der Waals surface area contributed by atoms with E-state index < -0.39 is 21.6 Å². The molecule has 0 amide bonds. The van der Waals surface area contributed by atoms with Gasteiger partial charge in [0.05, 0.1) is 10.6 Å². The SMILES string of the molecule is O=c1oc(Br)c(-c2ccc(S(=O)(=O)N(Cc3ccccc3)Cc3ccccc3)cc2)n1-c1ccc(F)cc1. The monoisotopic (exact) mass is 592 g/mol. The normalized spacial score (nSPS) is 11.7. The molecule has 0 aliphatic heterocycles. The zero-order valence-electron chi connectivity index (χ0n) is 20.0. The predicted molar refractivity (Wildman–Crippen MR) is 147 cm³/mol. The third kappa shape index (κ3) is 5.40. The molecular weight excluding hydrogens is 571 g/mol. The van der Waals surface area contributed by atoms with Gasteiger partial charge in [0.25, 0.3) is 0 Å². The molecule has 0 fully saturated rings. The van der Waals surface area contributed by atoms with Crippen LogP contribution in [-0.4, -0.2) is 17.3 Å². The molecule has 1 heterocycles. The summed E-state index contributed by atoms with van der Waals surface area (Å²) in [7, 11) is -3.88. The number of rotatable bonds is 8. The van der Waals surface area contributed by atoms with E-state index in [1.54, 1.807) is 12.1 Å². The second-order valence-electron chi connectivity index (χ2n) is 8.57. The lowest BCUT2D eigenvalue weighted by Gasteiger charge is -2.23. The van der Waals surface area contributed by atoms with E-state index in [0.29, 0.717) is 16.9 Å². The Labute approximate surface area is 227 Å². The van der Waals surface area contributed by atoms with Crippen LogP contribution in [0.5, 0.6) is 0 Å². The van der Waals surface area contributed by atoms with Gasteiger partial charge >= 0.3 is 5.76 Å². The van der Waals surface area contributed by atoms with E-state index in [0.717, 1.165) is 11.1 Å². The summed E-state index contributed by atoms with van der Waals surface area (Å²) < 4.78 is 49.2. The topological polar surface area (TPSA) is 72.5 Å². The van der Waals surface area contributed by atoms with Gasteiger partial charge < -0.3 is 4.42 Å². The molecule has 0 radical (unpaired) electrons. The van der Waals surface area contributed by atoms with Crippen molar-refractivity contribution in [2.45, 2.75) is 18.0 Å². The van der Waals surface area contributed by atoms with E-state index in [2.05, 4.69) is 15.9 Å². The molecule has 192 valence electrons. The molecule has 0 aliphatic rings. The van der Waals surface area contributed by atoms with E-state index in [4.69, 9.17) is 4.42 Å². The second-order valence-corrected chi connectivity index (χ2v) is 11.2. The molecule has 0 aliphatic carbocycles. The van der Waals surface area contributed by atoms with Gasteiger partial charge in [0.15, 0.2) is 4.67 Å². The van der Waals surface area contributed by atoms with Crippen LogP contribution in [0.15, 0.2) is 128 Å². The van der Waals surface area contributed by atoms with Crippen molar-refractivity contribution in [2.75, 3.05) is 0 Å². The average Bonchev–Trinajstić information content (AvgIpc) is 3.23. The van der Waals surface area contributed by atoms with E-state index in [9.17, 15) is 17.6 Å². The summed E-state index contributed by atoms with van der Waals surface area (Å²) >= 11 is 3.28. The number of sulfonamides is 1. The Bertz CT molecular complexity index is 1660. The van der Waals surface area contributed by atoms with E-state index in [1.165, 1.54) is 45.3 Å². The van der Waals surface area contributed by atoms with Crippen LogP contribution in [0.3, 0.4) is 0 Å². The van der Waals surface area contributed by atoms with E-state index in [-0.39, 0.29) is 22.7 Å². The highest BCUT2D eigenvalue weighted by atomic mass is 79.9. The highest BCUT2D eigenvalue weighted by Gasteiger charge is 2.26. The first-order chi connectivity index (χ1) is 18.3. The molecular formula is C29H22BrFN2O4S. The van der Waals surface area contributed by atoms with Crippen LogP contribution in [0.4, 0.5) is 4.39 Å². The van der Waals surface area contributed by atoms with Gasteiger partial charge in [-0.15, -0.1) is 0 Å². The number of hydrogen-bond donors (Lipinski definition) is 0. The summed E-state index contributed by atoms with van der Waals surface area (Å²) in [6.07, 6.45) is 0. The van der Waals surface area contributed by atoms with Gasteiger partial charge in [-0.1, -0.05) is 72.8 Å². The summed E-state index contributed by atoms with van der Waals surface area (Å²) in [5.41, 5.74) is 3.08. The molecule has 0 atom stereocenters. The van der Waals surface area contributed by atoms with Crippen LogP contribution in [-0.2, 0) is 23.1 Å². The quantitative estimate of drug-likeness (QED) is 0.209. The van der Waals surface area contributed by atoms with Crippen molar-refractivity contribution >= 4 is 26.0 Å². The molecule has 0 saturated heterocycles. The summed E-state index contributed by atoms with van der Waals surface area (Å²) in [6.45, 7) is 0.411. The molecule has 1 aromatic heterocycles. The third-order valence-electron chi connectivity index (χ3n) is 6.02. The first-order valence-electron chi connectivity index (χ1n) is 11.7. The van der Waals surface area contributed by atoms with Crippen molar-refractivity contribution in [1.29, 1.82) is 0 Å². The summed E-state index contributed by atoms with van der Waals surface area (Å²) in [5.74, 6) is -1.09. The minimum Gasteiger partial charge on any atom is -0.400 e. The molecule has 38 heavy (non-hydrogen) atoms. The van der Waals surface area contributed by atoms with Crippen LogP contribution in [0.2, 0.25) is 0 Å². The fourth-order valence-corrected chi connectivity index (χ4v) is 6.11. The molecule has 9 heteroatoms. The molecule has 6 nitrogen and oxygen atoms in total. The van der Waals surface area contributed by atoms with Crippen LogP contribution in [0, 0.1) is 5.82 Å². The molecule has 5 aromatic rings. The lowest BCUT2D eigenvalue weighted by molar-refractivity contribution is 0.401. The minimum atomic E-state index is -3.88. The highest BCUT2D eigenvalue weighted by Crippen LogP contribution is 2.31. The zero-order chi connectivity index (χ0) is 26.7. The van der Waals surface area contributed by atoms with Crippen molar-refractivity contribution in [2.24, 2.45) is 0 Å². The van der Waals surface area contributed by atoms with Crippen LogP contribution >= 0.6 is 15.9 Å². The molecule has 5 rings (SSSR count). The predicted octanol–water partition coefficient (Wildman–Crippen LogP) is 6.39. The number of benzene rings is 4. The van der Waals surface area contributed by atoms with Crippen LogP contribution in [0.1, 0.15) is 11.1 Å². The van der Waals surface area contributed by atoms with Crippen molar-refractivity contribution in [3.05, 3.63) is 141 Å². The second kappa shape index (κ2) is 10.9. The highest BCUT2D eigenvalue weighted by molar-refractivity contribution is 9.10. The molecule has 0 bridgehead atoms. The first kappa shape index (κ1) is 25.8. The van der Waals surface area contributed by atoms with Gasteiger partial charge in [-0.2, -0.15) is 4.31 Å². The van der Waals surface area contributed by atoms with Gasteiger partial charge in [0, 0.05) is 18.7 Å². The molecule has 0 spiro atoms. The Hall–Kier alpha value is -3.79. The Kier molecular flexibility index (Phi) is 7.42. The Balaban J connectivity index is 1.51. The third-order valence-corrected chi connectivity index (χ3v) is 8.37. The number of nitrogens with zero attached hydrogens (tertiary/aromatic N) is 2. The van der Waals surface area contributed by atoms with Crippen molar-refractivity contribution in [3.63, 3.8) is 0 Å². The maximum atomic E-state index is 13.8. The molecule has 0 N–H and O–H groups in total. The molecule has 4 aromatic carbocycles. The first-order valence-corrected chi connectivity index (χ1v) is 13.9. The van der Waals surface area contributed by atoms with Crippen molar-refractivity contribution in [1.82, 2.24) is 8.87 Å². The Morgan fingerprint density at radius 2 is 1.29 bits per heavy atom. The van der Waals surface area contributed by atoms with Crippen LogP contribution < -0.4 is 5.76 Å². The van der Waals surface area contributed by atoms with Gasteiger partial charge in [0.2, 0.25) is 10.0 Å². The average molecular weight is 593 g/mol. The van der Waals surface area contributed by atoms with Gasteiger partial charge in [0.1, 0.15) is 11.5 Å². The summed E-state index contributed by atoms with van der Waals surface area (Å²) in [4.78, 5) is 12.7. The largest absolute Gasteiger partial charge is 0.425 e. The Morgan fingerprint density at radius 1 is 0.763 bits per heavy atom. The van der Waals surface area contributed by atoms with E-state index >= 15 is 0 Å². The van der Waals surface area contributed by atoms with Crippen LogP contribution in [0.25, 0.3) is 16.9 Å². The standard InChI is InChI=1S/C29H22BrFN2O4S/c30-28-27(33(29(34)37-28)25-15-13-24(31)14-16-25)23-11-17-26(18-12-23)38(35,36)32(19-21-7-3-1-4-8-21)20-22-9-5-2-6-10-22/h1-18H,19-20H2. The lowest BCUT2D eigenvalue weighted by Crippen LogP contribution is -2.30. The lowest BCUT2D eigenvalue weighted by atomic mass is 10.1. The van der Waals surface area contributed by atoms with Crippen molar-refractivity contribution in [3.8, 4) is 16.9 Å². The van der Waals surface area contributed by atoms with Crippen molar-refractivity contribution < 1.29 is 17.2 Å². The maximum absolute atomic E-state index is 13.8. The number of aromatic nitrogens is 1. The molecule has 0 saturated carbocycles. The number of oxazole rings is 1. The van der Waals surface area contributed by atoms with Gasteiger partial charge in [-0.25, -0.2) is 22.2 Å². The molecule has 0 unspecified atom stereocenters. The fourth-order valence-electron chi connectivity index (χ4n) is 4.15. The smallest absolute Gasteiger partial charge is 0.400 e. The Morgan fingerprint density at radius 3 is 1.82 bits per heavy atom. The summed E-state index contributed by atoms with van der Waals surface area (Å²) in [5, 5.41) is 0. The van der Waals surface area contributed by atoms with Gasteiger partial charge in [-0.05, 0) is 63.5 Å². The zero-order valence-corrected chi connectivity index (χ0v) is 22.4. The van der Waals surface area contributed by atoms with E-state index in [1.807, 2.05) is 60.7 Å². The van der Waals surface area contributed by atoms with Gasteiger partial charge in [-0.3, -0.25) is 0 Å². The number of hydrogen-bond acceptors (Lipinski definition) is 4. The maximum Gasteiger partial charge on any atom is 0.425 e.